The molecule has 2 aromatic heterocycles. The van der Waals surface area contributed by atoms with E-state index >= 15 is 0 Å². The number of amides is 1. The van der Waals surface area contributed by atoms with E-state index in [0.29, 0.717) is 34.8 Å². The fraction of sp³-hybridized carbons (Fsp3) is 0.250. The van der Waals surface area contributed by atoms with Crippen LogP contribution in [0.25, 0.3) is 22.2 Å². The Balaban J connectivity index is 1.58. The second-order valence-corrected chi connectivity index (χ2v) is 8.75. The zero-order chi connectivity index (χ0) is 21.8. The summed E-state index contributed by atoms with van der Waals surface area (Å²) >= 11 is 2.57. The summed E-state index contributed by atoms with van der Waals surface area (Å²) in [5.74, 6) is 0.555. The molecule has 2 aromatic carbocycles. The van der Waals surface area contributed by atoms with Gasteiger partial charge in [0.25, 0.3) is 0 Å². The van der Waals surface area contributed by atoms with Crippen LogP contribution >= 0.6 is 23.1 Å². The molecule has 0 unspecified atom stereocenters. The van der Waals surface area contributed by atoms with E-state index in [1.807, 2.05) is 41.8 Å². The number of aryl methyl sites for hydroxylation is 1. The number of hydrogen-bond donors (Lipinski definition) is 2. The molecule has 2 heterocycles. The molecule has 4 rings (SSSR count). The minimum atomic E-state index is -0.211. The zero-order valence-electron chi connectivity index (χ0n) is 16.9. The monoisotopic (exact) mass is 456 g/mol. The van der Waals surface area contributed by atoms with Gasteiger partial charge in [0.15, 0.2) is 11.0 Å². The second kappa shape index (κ2) is 9.41. The summed E-state index contributed by atoms with van der Waals surface area (Å²) < 4.78 is 7.07. The van der Waals surface area contributed by atoms with E-state index in [4.69, 9.17) is 4.74 Å². The highest BCUT2D eigenvalue weighted by Crippen LogP contribution is 2.34. The van der Waals surface area contributed by atoms with Crippen molar-refractivity contribution in [1.82, 2.24) is 25.0 Å². The van der Waals surface area contributed by atoms with Crippen molar-refractivity contribution in [2.75, 3.05) is 24.8 Å². The lowest BCUT2D eigenvalue weighted by atomic mass is 10.1. The average molecular weight is 457 g/mol. The highest BCUT2D eigenvalue weighted by Gasteiger charge is 2.19. The number of fused-ring (bicyclic) bond motifs is 1. The summed E-state index contributed by atoms with van der Waals surface area (Å²) in [6.45, 7) is 2.73. The minimum Gasteiger partial charge on any atom is -0.507 e. The Bertz CT molecular complexity index is 1220. The van der Waals surface area contributed by atoms with Gasteiger partial charge in [0.05, 0.1) is 24.5 Å². The predicted molar refractivity (Wildman–Crippen MR) is 121 cm³/mol. The molecule has 9 nitrogen and oxygen atoms in total. The third-order valence-corrected chi connectivity index (χ3v) is 6.17. The lowest BCUT2D eigenvalue weighted by Gasteiger charge is -2.11. The molecule has 0 fully saturated rings. The molecule has 0 aliphatic carbocycles. The van der Waals surface area contributed by atoms with Crippen LogP contribution in [0.15, 0.2) is 41.6 Å². The summed E-state index contributed by atoms with van der Waals surface area (Å²) in [6, 6.07) is 11.4. The number of ether oxygens (including phenoxy) is 1. The summed E-state index contributed by atoms with van der Waals surface area (Å²) in [5, 5.41) is 33.4. The quantitative estimate of drug-likeness (QED) is 0.388. The average Bonchev–Trinajstić information content (AvgIpc) is 3.35. The van der Waals surface area contributed by atoms with Gasteiger partial charge >= 0.3 is 0 Å². The number of nitrogens with zero attached hydrogens (tertiary/aromatic N) is 5. The number of anilines is 1. The Labute approximate surface area is 186 Å². The zero-order valence-corrected chi connectivity index (χ0v) is 18.5. The molecule has 0 spiro atoms. The largest absolute Gasteiger partial charge is 0.507 e. The molecule has 31 heavy (non-hydrogen) atoms. The SMILES string of the molecule is COCCn1c(SCC(=O)Nc2nnc(C)s2)nnc1-c1cc2ccccc2cc1O. The van der Waals surface area contributed by atoms with Gasteiger partial charge < -0.3 is 9.84 Å². The summed E-state index contributed by atoms with van der Waals surface area (Å²) in [7, 11) is 1.61. The van der Waals surface area contributed by atoms with E-state index in [0.717, 1.165) is 15.8 Å². The van der Waals surface area contributed by atoms with Crippen molar-refractivity contribution in [2.24, 2.45) is 0 Å². The predicted octanol–water partition coefficient (Wildman–Crippen LogP) is 3.34. The standard InChI is InChI=1S/C20H20N6O3S2/c1-12-22-24-19(31-12)21-17(28)11-30-20-25-23-18(26(20)7-8-29-2)15-9-13-5-3-4-6-14(13)10-16(15)27/h3-6,9-10,27H,7-8,11H2,1-2H3,(H,21,24,28). The molecule has 0 radical (unpaired) electrons. The fourth-order valence-electron chi connectivity index (χ4n) is 3.02. The Hall–Kier alpha value is -3.02. The number of thioether (sulfide) groups is 1. The first-order valence-electron chi connectivity index (χ1n) is 9.42. The fourth-order valence-corrected chi connectivity index (χ4v) is 4.39. The first-order chi connectivity index (χ1) is 15.0. The van der Waals surface area contributed by atoms with Gasteiger partial charge in [-0.2, -0.15) is 0 Å². The highest BCUT2D eigenvalue weighted by molar-refractivity contribution is 7.99. The molecule has 0 aliphatic rings. The smallest absolute Gasteiger partial charge is 0.236 e. The van der Waals surface area contributed by atoms with E-state index in [9.17, 15) is 9.90 Å². The van der Waals surface area contributed by atoms with E-state index in [1.165, 1.54) is 23.1 Å². The molecular weight excluding hydrogens is 436 g/mol. The van der Waals surface area contributed by atoms with Crippen molar-refractivity contribution in [2.45, 2.75) is 18.6 Å². The molecule has 160 valence electrons. The van der Waals surface area contributed by atoms with Crippen LogP contribution in [0.1, 0.15) is 5.01 Å². The van der Waals surface area contributed by atoms with Gasteiger partial charge in [0.2, 0.25) is 11.0 Å². The Morgan fingerprint density at radius 1 is 1.19 bits per heavy atom. The van der Waals surface area contributed by atoms with Crippen LogP contribution in [0.3, 0.4) is 0 Å². The number of phenols is 1. The highest BCUT2D eigenvalue weighted by atomic mass is 32.2. The normalized spacial score (nSPS) is 11.2. The molecule has 0 aliphatic heterocycles. The first kappa shape index (κ1) is 21.2. The van der Waals surface area contributed by atoms with Crippen LogP contribution in [0.5, 0.6) is 5.75 Å². The minimum absolute atomic E-state index is 0.116. The molecule has 1 amide bonds. The number of hydrogen-bond acceptors (Lipinski definition) is 9. The van der Waals surface area contributed by atoms with Gasteiger partial charge in [0.1, 0.15) is 10.8 Å². The van der Waals surface area contributed by atoms with Gasteiger partial charge in [-0.3, -0.25) is 14.7 Å². The third-order valence-electron chi connectivity index (χ3n) is 4.45. The second-order valence-electron chi connectivity index (χ2n) is 6.63. The number of rotatable bonds is 8. The summed E-state index contributed by atoms with van der Waals surface area (Å²) in [5.41, 5.74) is 0.572. The molecule has 0 saturated carbocycles. The molecular formula is C20H20N6O3S2. The molecule has 0 saturated heterocycles. The van der Waals surface area contributed by atoms with Crippen molar-refractivity contribution in [3.05, 3.63) is 41.4 Å². The van der Waals surface area contributed by atoms with Crippen LogP contribution in [0, 0.1) is 6.92 Å². The van der Waals surface area contributed by atoms with Crippen LogP contribution < -0.4 is 5.32 Å². The molecule has 0 bridgehead atoms. The van der Waals surface area contributed by atoms with Crippen molar-refractivity contribution in [3.63, 3.8) is 0 Å². The van der Waals surface area contributed by atoms with Gasteiger partial charge in [-0.1, -0.05) is 47.4 Å². The van der Waals surface area contributed by atoms with Crippen LogP contribution in [-0.4, -0.2) is 55.4 Å². The van der Waals surface area contributed by atoms with Gasteiger partial charge in [0, 0.05) is 7.11 Å². The molecule has 4 aromatic rings. The van der Waals surface area contributed by atoms with Crippen molar-refractivity contribution in [3.8, 4) is 17.1 Å². The van der Waals surface area contributed by atoms with Crippen LogP contribution in [-0.2, 0) is 16.1 Å². The van der Waals surface area contributed by atoms with Crippen molar-refractivity contribution >= 4 is 44.9 Å². The van der Waals surface area contributed by atoms with Gasteiger partial charge in [-0.05, 0) is 29.8 Å². The molecule has 0 atom stereocenters. The van der Waals surface area contributed by atoms with Crippen LogP contribution in [0.2, 0.25) is 0 Å². The maximum atomic E-state index is 12.3. The maximum Gasteiger partial charge on any atom is 0.236 e. The summed E-state index contributed by atoms with van der Waals surface area (Å²) in [6.07, 6.45) is 0. The number of phenolic OH excluding ortho intramolecular Hbond substituents is 1. The number of methoxy groups -OCH3 is 1. The lowest BCUT2D eigenvalue weighted by molar-refractivity contribution is -0.113. The summed E-state index contributed by atoms with van der Waals surface area (Å²) in [4.78, 5) is 12.3. The third kappa shape index (κ3) is 4.84. The Kier molecular flexibility index (Phi) is 6.44. The number of aromatic hydroxyl groups is 1. The number of nitrogens with one attached hydrogen (secondary N) is 1. The lowest BCUT2D eigenvalue weighted by Crippen LogP contribution is -2.15. The topological polar surface area (TPSA) is 115 Å². The number of benzene rings is 2. The van der Waals surface area contributed by atoms with Crippen LogP contribution in [0.4, 0.5) is 5.13 Å². The number of carbonyl (C=O) groups is 1. The van der Waals surface area contributed by atoms with E-state index in [2.05, 4.69) is 25.7 Å². The van der Waals surface area contributed by atoms with Crippen molar-refractivity contribution in [1.29, 1.82) is 0 Å². The van der Waals surface area contributed by atoms with Crippen molar-refractivity contribution < 1.29 is 14.6 Å². The van der Waals surface area contributed by atoms with Gasteiger partial charge in [-0.25, -0.2) is 0 Å². The van der Waals surface area contributed by atoms with E-state index in [1.54, 1.807) is 13.2 Å². The van der Waals surface area contributed by atoms with Gasteiger partial charge in [-0.15, -0.1) is 20.4 Å². The molecule has 11 heteroatoms. The maximum absolute atomic E-state index is 12.3. The number of aromatic nitrogens is 5. The Morgan fingerprint density at radius 2 is 1.97 bits per heavy atom. The first-order valence-corrected chi connectivity index (χ1v) is 11.2. The van der Waals surface area contributed by atoms with E-state index < -0.39 is 0 Å². The number of carbonyl (C=O) groups excluding carboxylic acids is 1. The molecule has 2 N–H and O–H groups in total. The Morgan fingerprint density at radius 3 is 2.68 bits per heavy atom. The van der Waals surface area contributed by atoms with E-state index in [-0.39, 0.29) is 17.4 Å².